The minimum absolute atomic E-state index is 0.108. The number of carbonyl (C=O) groups excluding carboxylic acids is 3. The number of carbonyl (C=O) groups is 3. The summed E-state index contributed by atoms with van der Waals surface area (Å²) in [7, 11) is 0. The van der Waals surface area contributed by atoms with Gasteiger partial charge in [-0.1, -0.05) is 0 Å². The smallest absolute Gasteiger partial charge is 0.338 e. The third kappa shape index (κ3) is 6.01. The lowest BCUT2D eigenvalue weighted by Crippen LogP contribution is -2.53. The lowest BCUT2D eigenvalue weighted by Gasteiger charge is -2.37. The van der Waals surface area contributed by atoms with E-state index >= 15 is 0 Å². The van der Waals surface area contributed by atoms with Crippen LogP contribution >= 0.6 is 0 Å². The van der Waals surface area contributed by atoms with Crippen LogP contribution in [0.25, 0.3) is 0 Å². The topological polar surface area (TPSA) is 106 Å². The molecule has 164 valence electrons. The second-order valence-electron chi connectivity index (χ2n) is 7.30. The van der Waals surface area contributed by atoms with E-state index in [0.29, 0.717) is 43.5 Å². The summed E-state index contributed by atoms with van der Waals surface area (Å²) in [4.78, 5) is 38.6. The average Bonchev–Trinajstić information content (AvgIpc) is 3.30. The summed E-state index contributed by atoms with van der Waals surface area (Å²) in [6.07, 6.45) is 0.941. The molecule has 2 aliphatic heterocycles. The molecule has 0 aliphatic carbocycles. The highest BCUT2D eigenvalue weighted by atomic mass is 16.5. The molecule has 0 spiro atoms. The van der Waals surface area contributed by atoms with Crippen molar-refractivity contribution in [2.24, 2.45) is 5.92 Å². The molecule has 0 aromatic heterocycles. The van der Waals surface area contributed by atoms with Crippen molar-refractivity contribution in [3.05, 3.63) is 29.8 Å². The number of benzene rings is 1. The Morgan fingerprint density at radius 2 is 1.83 bits per heavy atom. The number of nitrogens with zero attached hydrogens (tertiary/aromatic N) is 1. The first-order valence-electron chi connectivity index (χ1n) is 10.3. The highest BCUT2D eigenvalue weighted by Crippen LogP contribution is 2.22. The molecule has 9 nitrogen and oxygen atoms in total. The van der Waals surface area contributed by atoms with Crippen LogP contribution in [0.1, 0.15) is 23.7 Å². The van der Waals surface area contributed by atoms with Gasteiger partial charge in [0.05, 0.1) is 32.0 Å². The molecule has 0 saturated carbocycles. The summed E-state index contributed by atoms with van der Waals surface area (Å²) in [5.41, 5.74) is 0.809. The lowest BCUT2D eigenvalue weighted by atomic mass is 9.97. The number of ether oxygens (including phenoxy) is 3. The Morgan fingerprint density at radius 3 is 2.47 bits per heavy atom. The van der Waals surface area contributed by atoms with E-state index in [1.807, 2.05) is 0 Å². The SMILES string of the molecule is CCOC(=O)c1ccc(NC(=O)C(=O)NC[C@H]([C@@H]2CCOC2)N2CCOCC2)cc1. The van der Waals surface area contributed by atoms with Gasteiger partial charge in [-0.2, -0.15) is 0 Å². The van der Waals surface area contributed by atoms with Crippen LogP contribution in [0, 0.1) is 5.92 Å². The maximum Gasteiger partial charge on any atom is 0.338 e. The lowest BCUT2D eigenvalue weighted by molar-refractivity contribution is -0.136. The number of hydrogen-bond acceptors (Lipinski definition) is 7. The summed E-state index contributed by atoms with van der Waals surface area (Å²) < 4.78 is 15.9. The Labute approximate surface area is 176 Å². The van der Waals surface area contributed by atoms with Crippen LogP contribution in [-0.2, 0) is 23.8 Å². The number of anilines is 1. The van der Waals surface area contributed by atoms with Crippen molar-refractivity contribution >= 4 is 23.5 Å². The van der Waals surface area contributed by atoms with Gasteiger partial charge in [-0.15, -0.1) is 0 Å². The molecule has 2 saturated heterocycles. The first-order valence-corrected chi connectivity index (χ1v) is 10.3. The van der Waals surface area contributed by atoms with E-state index in [-0.39, 0.29) is 12.6 Å². The zero-order valence-corrected chi connectivity index (χ0v) is 17.2. The normalized spacial score (nSPS) is 20.4. The molecule has 2 N–H and O–H groups in total. The summed E-state index contributed by atoms with van der Waals surface area (Å²) in [5, 5.41) is 5.31. The number of rotatable bonds is 7. The molecule has 1 aromatic rings. The van der Waals surface area contributed by atoms with Gasteiger partial charge < -0.3 is 24.8 Å². The van der Waals surface area contributed by atoms with Crippen molar-refractivity contribution in [1.29, 1.82) is 0 Å². The summed E-state index contributed by atoms with van der Waals surface area (Å²) in [6.45, 7) is 6.72. The predicted octanol–water partition coefficient (Wildman–Crippen LogP) is 0.655. The number of esters is 1. The second kappa shape index (κ2) is 11.1. The first kappa shape index (κ1) is 22.2. The van der Waals surface area contributed by atoms with E-state index < -0.39 is 17.8 Å². The Kier molecular flexibility index (Phi) is 8.18. The molecule has 2 atom stereocenters. The Balaban J connectivity index is 1.52. The van der Waals surface area contributed by atoms with Gasteiger partial charge in [0.15, 0.2) is 0 Å². The molecule has 3 rings (SSSR count). The van der Waals surface area contributed by atoms with E-state index in [1.165, 1.54) is 0 Å². The molecule has 0 bridgehead atoms. The quantitative estimate of drug-likeness (QED) is 0.494. The predicted molar refractivity (Wildman–Crippen MR) is 109 cm³/mol. The van der Waals surface area contributed by atoms with Gasteiger partial charge in [-0.05, 0) is 37.6 Å². The molecule has 2 fully saturated rings. The molecule has 1 aromatic carbocycles. The summed E-state index contributed by atoms with van der Waals surface area (Å²) in [6, 6.07) is 6.31. The van der Waals surface area contributed by atoms with Gasteiger partial charge in [0.1, 0.15) is 0 Å². The molecular weight excluding hydrogens is 390 g/mol. The molecular formula is C21H29N3O6. The molecule has 30 heavy (non-hydrogen) atoms. The number of hydrogen-bond donors (Lipinski definition) is 2. The molecule has 2 amide bonds. The van der Waals surface area contributed by atoms with E-state index in [1.54, 1.807) is 31.2 Å². The van der Waals surface area contributed by atoms with Crippen LogP contribution in [0.3, 0.4) is 0 Å². The Hall–Kier alpha value is -2.49. The van der Waals surface area contributed by atoms with E-state index in [2.05, 4.69) is 15.5 Å². The van der Waals surface area contributed by atoms with Crippen LogP contribution in [0.4, 0.5) is 5.69 Å². The summed E-state index contributed by atoms with van der Waals surface area (Å²) in [5.74, 6) is -1.55. The Bertz CT molecular complexity index is 727. The fourth-order valence-electron chi connectivity index (χ4n) is 3.73. The maximum absolute atomic E-state index is 12.3. The number of nitrogens with one attached hydrogen (secondary N) is 2. The third-order valence-electron chi connectivity index (χ3n) is 5.36. The fraction of sp³-hybridized carbons (Fsp3) is 0.571. The molecule has 9 heteroatoms. The van der Waals surface area contributed by atoms with Crippen molar-refractivity contribution in [3.8, 4) is 0 Å². The fourth-order valence-corrected chi connectivity index (χ4v) is 3.73. The standard InChI is InChI=1S/C21H29N3O6/c1-2-30-21(27)15-3-5-17(6-4-15)23-20(26)19(25)22-13-18(16-7-10-29-14-16)24-8-11-28-12-9-24/h3-6,16,18H,2,7-14H2,1H3,(H,22,25)(H,23,26)/t16-,18-/m1/s1. The molecule has 0 unspecified atom stereocenters. The highest BCUT2D eigenvalue weighted by molar-refractivity contribution is 6.39. The van der Waals surface area contributed by atoms with Crippen LogP contribution in [0.15, 0.2) is 24.3 Å². The third-order valence-corrected chi connectivity index (χ3v) is 5.36. The van der Waals surface area contributed by atoms with Crippen molar-refractivity contribution < 1.29 is 28.6 Å². The highest BCUT2D eigenvalue weighted by Gasteiger charge is 2.32. The van der Waals surface area contributed by atoms with E-state index in [0.717, 1.165) is 26.1 Å². The first-order chi connectivity index (χ1) is 14.6. The van der Waals surface area contributed by atoms with Crippen LogP contribution in [-0.4, -0.2) is 81.4 Å². The van der Waals surface area contributed by atoms with Crippen molar-refractivity contribution in [3.63, 3.8) is 0 Å². The van der Waals surface area contributed by atoms with E-state index in [4.69, 9.17) is 14.2 Å². The largest absolute Gasteiger partial charge is 0.462 e. The molecule has 0 radical (unpaired) electrons. The van der Waals surface area contributed by atoms with Gasteiger partial charge in [-0.3, -0.25) is 14.5 Å². The van der Waals surface area contributed by atoms with Crippen molar-refractivity contribution in [1.82, 2.24) is 10.2 Å². The second-order valence-corrected chi connectivity index (χ2v) is 7.30. The molecule has 2 heterocycles. The van der Waals surface area contributed by atoms with Crippen LogP contribution in [0.5, 0.6) is 0 Å². The minimum atomic E-state index is -0.748. The van der Waals surface area contributed by atoms with E-state index in [9.17, 15) is 14.4 Å². The van der Waals surface area contributed by atoms with Gasteiger partial charge in [-0.25, -0.2) is 4.79 Å². The van der Waals surface area contributed by atoms with Gasteiger partial charge in [0.2, 0.25) is 0 Å². The van der Waals surface area contributed by atoms with Gasteiger partial charge >= 0.3 is 17.8 Å². The van der Waals surface area contributed by atoms with Crippen LogP contribution in [0.2, 0.25) is 0 Å². The monoisotopic (exact) mass is 419 g/mol. The number of amides is 2. The molecule has 2 aliphatic rings. The zero-order valence-electron chi connectivity index (χ0n) is 17.2. The van der Waals surface area contributed by atoms with Gasteiger partial charge in [0, 0.05) is 43.9 Å². The van der Waals surface area contributed by atoms with Crippen LogP contribution < -0.4 is 10.6 Å². The van der Waals surface area contributed by atoms with Crippen molar-refractivity contribution in [2.75, 3.05) is 58.0 Å². The summed E-state index contributed by atoms with van der Waals surface area (Å²) >= 11 is 0. The number of morpholine rings is 1. The maximum atomic E-state index is 12.3. The van der Waals surface area contributed by atoms with Gasteiger partial charge in [0.25, 0.3) is 0 Å². The average molecular weight is 419 g/mol. The zero-order chi connectivity index (χ0) is 21.3. The Morgan fingerprint density at radius 1 is 1.10 bits per heavy atom. The minimum Gasteiger partial charge on any atom is -0.462 e. The van der Waals surface area contributed by atoms with Crippen molar-refractivity contribution in [2.45, 2.75) is 19.4 Å².